The van der Waals surface area contributed by atoms with Gasteiger partial charge in [-0.1, -0.05) is 13.8 Å². The minimum absolute atomic E-state index is 0.227. The molecule has 4 nitrogen and oxygen atoms in total. The van der Waals surface area contributed by atoms with Gasteiger partial charge in [-0.3, -0.25) is 4.68 Å². The second-order valence-electron chi connectivity index (χ2n) is 5.58. The lowest BCUT2D eigenvalue weighted by atomic mass is 10.2. The molecule has 21 heavy (non-hydrogen) atoms. The highest BCUT2D eigenvalue weighted by Gasteiger charge is 2.18. The van der Waals surface area contributed by atoms with Crippen molar-refractivity contribution >= 4 is 11.5 Å². The molecule has 5 heteroatoms. The lowest BCUT2D eigenvalue weighted by Gasteiger charge is -2.22. The Kier molecular flexibility index (Phi) is 4.63. The smallest absolute Gasteiger partial charge is 0.135 e. The first kappa shape index (κ1) is 15.5. The molecule has 2 rings (SSSR count). The van der Waals surface area contributed by atoms with E-state index in [1.807, 2.05) is 30.6 Å². The van der Waals surface area contributed by atoms with Gasteiger partial charge in [0, 0.05) is 37.9 Å². The minimum Gasteiger partial charge on any atom is -0.329 e. The van der Waals surface area contributed by atoms with Gasteiger partial charge in [0.15, 0.2) is 0 Å². The highest BCUT2D eigenvalue weighted by molar-refractivity contribution is 5.63. The summed E-state index contributed by atoms with van der Waals surface area (Å²) in [6.07, 6.45) is 0. The standard InChI is InChI=1S/C16H23FN4/c1-11(2)18-10-15-12(3)19-21(5)16(15)20(4)14-8-6-13(17)7-9-14/h6-9,11,18H,10H2,1-5H3. The Labute approximate surface area is 125 Å². The average molecular weight is 290 g/mol. The van der Waals surface area contributed by atoms with E-state index in [-0.39, 0.29) is 5.82 Å². The van der Waals surface area contributed by atoms with Crippen LogP contribution in [0.15, 0.2) is 24.3 Å². The van der Waals surface area contributed by atoms with Crippen molar-refractivity contribution in [1.82, 2.24) is 15.1 Å². The average Bonchev–Trinajstić information content (AvgIpc) is 2.70. The molecular formula is C16H23FN4. The molecule has 1 heterocycles. The number of aryl methyl sites for hydroxylation is 2. The van der Waals surface area contributed by atoms with Crippen molar-refractivity contribution < 1.29 is 4.39 Å². The first-order chi connectivity index (χ1) is 9.90. The van der Waals surface area contributed by atoms with E-state index in [1.165, 1.54) is 12.1 Å². The number of anilines is 2. The summed E-state index contributed by atoms with van der Waals surface area (Å²) in [5.41, 5.74) is 3.11. The predicted molar refractivity (Wildman–Crippen MR) is 84.4 cm³/mol. The normalized spacial score (nSPS) is 11.2. The first-order valence-electron chi connectivity index (χ1n) is 7.15. The highest BCUT2D eigenvalue weighted by Crippen LogP contribution is 2.28. The Morgan fingerprint density at radius 3 is 2.48 bits per heavy atom. The van der Waals surface area contributed by atoms with E-state index in [0.29, 0.717) is 6.04 Å². The van der Waals surface area contributed by atoms with E-state index in [0.717, 1.165) is 29.3 Å². The molecule has 0 bridgehead atoms. The number of benzene rings is 1. The fourth-order valence-electron chi connectivity index (χ4n) is 2.41. The molecule has 0 atom stereocenters. The fraction of sp³-hybridized carbons (Fsp3) is 0.438. The van der Waals surface area contributed by atoms with Crippen LogP contribution >= 0.6 is 0 Å². The van der Waals surface area contributed by atoms with E-state index >= 15 is 0 Å². The maximum absolute atomic E-state index is 13.1. The molecule has 1 N–H and O–H groups in total. The second kappa shape index (κ2) is 6.26. The maximum Gasteiger partial charge on any atom is 0.135 e. The van der Waals surface area contributed by atoms with Crippen LogP contribution in [0.3, 0.4) is 0 Å². The van der Waals surface area contributed by atoms with Crippen molar-refractivity contribution in [2.75, 3.05) is 11.9 Å². The number of hydrogen-bond acceptors (Lipinski definition) is 3. The van der Waals surface area contributed by atoms with E-state index < -0.39 is 0 Å². The van der Waals surface area contributed by atoms with Crippen LogP contribution in [0.5, 0.6) is 0 Å². The third kappa shape index (κ3) is 3.42. The van der Waals surface area contributed by atoms with Gasteiger partial charge in [-0.2, -0.15) is 5.10 Å². The molecule has 0 radical (unpaired) electrons. The monoisotopic (exact) mass is 290 g/mol. The van der Waals surface area contributed by atoms with Crippen LogP contribution < -0.4 is 10.2 Å². The number of rotatable bonds is 5. The summed E-state index contributed by atoms with van der Waals surface area (Å²) < 4.78 is 14.9. The zero-order valence-corrected chi connectivity index (χ0v) is 13.3. The van der Waals surface area contributed by atoms with Gasteiger partial charge >= 0.3 is 0 Å². The predicted octanol–water partition coefficient (Wildman–Crippen LogP) is 3.13. The van der Waals surface area contributed by atoms with Gasteiger partial charge in [-0.15, -0.1) is 0 Å². The molecule has 0 amide bonds. The van der Waals surface area contributed by atoms with E-state index in [9.17, 15) is 4.39 Å². The molecule has 114 valence electrons. The first-order valence-corrected chi connectivity index (χ1v) is 7.15. The number of nitrogens with zero attached hydrogens (tertiary/aromatic N) is 3. The van der Waals surface area contributed by atoms with Gasteiger partial charge < -0.3 is 10.2 Å². The van der Waals surface area contributed by atoms with Crippen LogP contribution in [0, 0.1) is 12.7 Å². The fourth-order valence-corrected chi connectivity index (χ4v) is 2.41. The number of hydrogen-bond donors (Lipinski definition) is 1. The van der Waals surface area contributed by atoms with Crippen molar-refractivity contribution in [1.29, 1.82) is 0 Å². The molecule has 0 saturated carbocycles. The summed E-state index contributed by atoms with van der Waals surface area (Å²) in [7, 11) is 3.91. The Hall–Kier alpha value is -1.88. The zero-order valence-electron chi connectivity index (χ0n) is 13.3. The molecular weight excluding hydrogens is 267 g/mol. The van der Waals surface area contributed by atoms with Crippen molar-refractivity contribution in [3.63, 3.8) is 0 Å². The van der Waals surface area contributed by atoms with Crippen LogP contribution in [0.25, 0.3) is 0 Å². The molecule has 0 unspecified atom stereocenters. The van der Waals surface area contributed by atoms with Gasteiger partial charge in [-0.05, 0) is 31.2 Å². The van der Waals surface area contributed by atoms with Gasteiger partial charge in [0.05, 0.1) is 5.69 Å². The van der Waals surface area contributed by atoms with Gasteiger partial charge in [0.2, 0.25) is 0 Å². The lowest BCUT2D eigenvalue weighted by Crippen LogP contribution is -2.24. The Bertz CT molecular complexity index is 601. The third-order valence-corrected chi connectivity index (χ3v) is 3.53. The Balaban J connectivity index is 2.35. The quantitative estimate of drug-likeness (QED) is 0.918. The van der Waals surface area contributed by atoms with Crippen LogP contribution in [-0.4, -0.2) is 22.9 Å². The molecule has 2 aromatic rings. The third-order valence-electron chi connectivity index (χ3n) is 3.53. The van der Waals surface area contributed by atoms with E-state index in [4.69, 9.17) is 0 Å². The number of aromatic nitrogens is 2. The van der Waals surface area contributed by atoms with Crippen molar-refractivity contribution in [2.45, 2.75) is 33.4 Å². The van der Waals surface area contributed by atoms with E-state index in [1.54, 1.807) is 12.1 Å². The molecule has 1 aromatic carbocycles. The largest absolute Gasteiger partial charge is 0.329 e. The van der Waals surface area contributed by atoms with Crippen molar-refractivity contribution in [2.24, 2.45) is 7.05 Å². The molecule has 0 fully saturated rings. The molecule has 0 saturated heterocycles. The van der Waals surface area contributed by atoms with Gasteiger partial charge in [0.25, 0.3) is 0 Å². The van der Waals surface area contributed by atoms with Crippen LogP contribution in [0.4, 0.5) is 15.9 Å². The summed E-state index contributed by atoms with van der Waals surface area (Å²) in [6.45, 7) is 7.02. The topological polar surface area (TPSA) is 33.1 Å². The lowest BCUT2D eigenvalue weighted by molar-refractivity contribution is 0.587. The SMILES string of the molecule is Cc1nn(C)c(N(C)c2ccc(F)cc2)c1CNC(C)C. The van der Waals surface area contributed by atoms with Crippen LogP contribution in [0.2, 0.25) is 0 Å². The van der Waals surface area contributed by atoms with Gasteiger partial charge in [-0.25, -0.2) is 4.39 Å². The van der Waals surface area contributed by atoms with Crippen LogP contribution in [-0.2, 0) is 13.6 Å². The zero-order chi connectivity index (χ0) is 15.6. The molecule has 1 aromatic heterocycles. The number of nitrogens with one attached hydrogen (secondary N) is 1. The summed E-state index contributed by atoms with van der Waals surface area (Å²) in [6, 6.07) is 6.91. The summed E-state index contributed by atoms with van der Waals surface area (Å²) in [4.78, 5) is 2.04. The maximum atomic E-state index is 13.1. The summed E-state index contributed by atoms with van der Waals surface area (Å²) in [5, 5.41) is 7.95. The molecule has 0 aliphatic rings. The second-order valence-corrected chi connectivity index (χ2v) is 5.58. The molecule has 0 aliphatic heterocycles. The Morgan fingerprint density at radius 2 is 1.90 bits per heavy atom. The molecule has 0 spiro atoms. The molecule has 0 aliphatic carbocycles. The number of halogens is 1. The Morgan fingerprint density at radius 1 is 1.29 bits per heavy atom. The van der Waals surface area contributed by atoms with E-state index in [2.05, 4.69) is 24.3 Å². The summed E-state index contributed by atoms with van der Waals surface area (Å²) >= 11 is 0. The van der Waals surface area contributed by atoms with Crippen LogP contribution in [0.1, 0.15) is 25.1 Å². The summed E-state index contributed by atoms with van der Waals surface area (Å²) in [5.74, 6) is 0.794. The van der Waals surface area contributed by atoms with Gasteiger partial charge in [0.1, 0.15) is 11.6 Å². The highest BCUT2D eigenvalue weighted by atomic mass is 19.1. The minimum atomic E-state index is -0.227. The van der Waals surface area contributed by atoms with Crippen molar-refractivity contribution in [3.05, 3.63) is 41.3 Å². The van der Waals surface area contributed by atoms with Crippen molar-refractivity contribution in [3.8, 4) is 0 Å².